The van der Waals surface area contributed by atoms with Crippen LogP contribution in [0, 0.1) is 0 Å². The van der Waals surface area contributed by atoms with Crippen molar-refractivity contribution in [1.82, 2.24) is 20.2 Å². The molecule has 0 radical (unpaired) electrons. The number of amides is 2. The predicted molar refractivity (Wildman–Crippen MR) is 122 cm³/mol. The SMILES string of the molecule is Cn1c(CCNC(=O)CC[C@]2(Cc3ccc(Cl)cc3)CCC(=O)N2)nc2ccccc21. The molecule has 31 heavy (non-hydrogen) atoms. The monoisotopic (exact) mass is 438 g/mol. The van der Waals surface area contributed by atoms with Crippen LogP contribution in [0.25, 0.3) is 11.0 Å². The summed E-state index contributed by atoms with van der Waals surface area (Å²) in [5, 5.41) is 6.82. The van der Waals surface area contributed by atoms with Gasteiger partial charge in [-0.2, -0.15) is 0 Å². The average molecular weight is 439 g/mol. The van der Waals surface area contributed by atoms with E-state index in [1.807, 2.05) is 55.6 Å². The molecule has 2 heterocycles. The van der Waals surface area contributed by atoms with Crippen molar-refractivity contribution in [3.05, 3.63) is 64.9 Å². The molecule has 0 spiro atoms. The van der Waals surface area contributed by atoms with E-state index in [2.05, 4.69) is 20.2 Å². The van der Waals surface area contributed by atoms with Gasteiger partial charge in [0.05, 0.1) is 11.0 Å². The summed E-state index contributed by atoms with van der Waals surface area (Å²) in [6.45, 7) is 0.534. The Balaban J connectivity index is 1.31. The van der Waals surface area contributed by atoms with Crippen molar-refractivity contribution < 1.29 is 9.59 Å². The highest BCUT2D eigenvalue weighted by Crippen LogP contribution is 2.30. The lowest BCUT2D eigenvalue weighted by Crippen LogP contribution is -2.44. The lowest BCUT2D eigenvalue weighted by Gasteiger charge is -2.29. The fraction of sp³-hybridized carbons (Fsp3) is 0.375. The van der Waals surface area contributed by atoms with Crippen molar-refractivity contribution in [3.8, 4) is 0 Å². The molecule has 0 saturated carbocycles. The standard InChI is InChI=1S/C24H27ClN4O2/c1-29-20-5-3-2-4-19(20)27-21(29)12-15-26-22(30)10-13-24(14-11-23(31)28-24)16-17-6-8-18(25)9-7-17/h2-9H,10-16H2,1H3,(H,26,30)(H,28,31)/t24-/m1/s1. The third-order valence-electron chi connectivity index (χ3n) is 6.07. The van der Waals surface area contributed by atoms with Crippen molar-refractivity contribution >= 4 is 34.4 Å². The minimum absolute atomic E-state index is 0.00426. The average Bonchev–Trinajstić information content (AvgIpc) is 3.29. The zero-order chi connectivity index (χ0) is 21.8. The highest BCUT2D eigenvalue weighted by atomic mass is 35.5. The molecule has 1 aliphatic heterocycles. The first-order valence-corrected chi connectivity index (χ1v) is 11.0. The minimum atomic E-state index is -0.375. The van der Waals surface area contributed by atoms with Gasteiger partial charge in [-0.05, 0) is 49.1 Å². The van der Waals surface area contributed by atoms with E-state index in [-0.39, 0.29) is 17.4 Å². The third kappa shape index (κ3) is 5.07. The number of aryl methyl sites for hydroxylation is 1. The highest BCUT2D eigenvalue weighted by molar-refractivity contribution is 6.30. The first-order chi connectivity index (χ1) is 14.9. The van der Waals surface area contributed by atoms with E-state index in [9.17, 15) is 9.59 Å². The first-order valence-electron chi connectivity index (χ1n) is 10.7. The van der Waals surface area contributed by atoms with Crippen molar-refractivity contribution in [2.24, 2.45) is 7.05 Å². The van der Waals surface area contributed by atoms with E-state index in [4.69, 9.17) is 11.6 Å². The normalized spacial score (nSPS) is 18.3. The summed E-state index contributed by atoms with van der Waals surface area (Å²) in [6.07, 6.45) is 3.59. The van der Waals surface area contributed by atoms with Crippen LogP contribution in [0.3, 0.4) is 0 Å². The summed E-state index contributed by atoms with van der Waals surface area (Å²) in [5.74, 6) is 0.996. The third-order valence-corrected chi connectivity index (χ3v) is 6.32. The van der Waals surface area contributed by atoms with E-state index >= 15 is 0 Å². The van der Waals surface area contributed by atoms with Crippen LogP contribution >= 0.6 is 11.6 Å². The van der Waals surface area contributed by atoms with Crippen molar-refractivity contribution in [2.75, 3.05) is 6.54 Å². The Morgan fingerprint density at radius 2 is 2.00 bits per heavy atom. The molecule has 2 amide bonds. The number of para-hydroxylation sites is 2. The molecule has 6 nitrogen and oxygen atoms in total. The molecular formula is C24H27ClN4O2. The van der Waals surface area contributed by atoms with Gasteiger partial charge in [-0.15, -0.1) is 0 Å². The zero-order valence-electron chi connectivity index (χ0n) is 17.7. The van der Waals surface area contributed by atoms with Crippen molar-refractivity contribution in [1.29, 1.82) is 0 Å². The number of imidazole rings is 1. The molecule has 7 heteroatoms. The van der Waals surface area contributed by atoms with Crippen LogP contribution in [0.1, 0.15) is 37.1 Å². The summed E-state index contributed by atoms with van der Waals surface area (Å²) in [6, 6.07) is 15.7. The molecule has 1 aliphatic rings. The zero-order valence-corrected chi connectivity index (χ0v) is 18.4. The number of fused-ring (bicyclic) bond motifs is 1. The minimum Gasteiger partial charge on any atom is -0.356 e. The van der Waals surface area contributed by atoms with Gasteiger partial charge in [0.1, 0.15) is 5.82 Å². The molecule has 0 aliphatic carbocycles. The van der Waals surface area contributed by atoms with Gasteiger partial charge < -0.3 is 15.2 Å². The number of carbonyl (C=O) groups excluding carboxylic acids is 2. The van der Waals surface area contributed by atoms with E-state index in [0.717, 1.165) is 28.8 Å². The second-order valence-corrected chi connectivity index (χ2v) is 8.74. The Morgan fingerprint density at radius 1 is 1.23 bits per heavy atom. The Kier molecular flexibility index (Phi) is 6.28. The van der Waals surface area contributed by atoms with Gasteiger partial charge in [0, 0.05) is 43.4 Å². The maximum atomic E-state index is 12.5. The maximum Gasteiger partial charge on any atom is 0.220 e. The molecule has 2 aromatic carbocycles. The molecule has 3 aromatic rings. The molecule has 1 saturated heterocycles. The Morgan fingerprint density at radius 3 is 2.71 bits per heavy atom. The summed E-state index contributed by atoms with van der Waals surface area (Å²) in [7, 11) is 2.00. The number of carbonyl (C=O) groups is 2. The number of rotatable bonds is 8. The van der Waals surface area contributed by atoms with Crippen LogP contribution in [0.15, 0.2) is 48.5 Å². The van der Waals surface area contributed by atoms with Gasteiger partial charge in [-0.25, -0.2) is 4.98 Å². The largest absolute Gasteiger partial charge is 0.356 e. The molecular weight excluding hydrogens is 412 g/mol. The van der Waals surface area contributed by atoms with Crippen molar-refractivity contribution in [2.45, 2.75) is 44.1 Å². The lowest BCUT2D eigenvalue weighted by atomic mass is 9.85. The molecule has 4 rings (SSSR count). The Hall–Kier alpha value is -2.86. The summed E-state index contributed by atoms with van der Waals surface area (Å²) >= 11 is 5.99. The summed E-state index contributed by atoms with van der Waals surface area (Å²) in [5.41, 5.74) is 2.78. The van der Waals surface area contributed by atoms with Gasteiger partial charge in [-0.3, -0.25) is 9.59 Å². The van der Waals surface area contributed by atoms with Crippen LogP contribution < -0.4 is 10.6 Å². The van der Waals surface area contributed by atoms with Gasteiger partial charge in [-0.1, -0.05) is 35.9 Å². The molecule has 2 N–H and O–H groups in total. The number of benzene rings is 2. The Labute approximate surface area is 187 Å². The predicted octanol–water partition coefficient (Wildman–Crippen LogP) is 3.56. The smallest absolute Gasteiger partial charge is 0.220 e. The van der Waals surface area contributed by atoms with Crippen LogP contribution in [-0.4, -0.2) is 33.4 Å². The van der Waals surface area contributed by atoms with Crippen LogP contribution in [0.4, 0.5) is 0 Å². The number of nitrogens with one attached hydrogen (secondary N) is 2. The van der Waals surface area contributed by atoms with E-state index in [0.29, 0.717) is 43.7 Å². The van der Waals surface area contributed by atoms with Gasteiger partial charge in [0.2, 0.25) is 11.8 Å². The Bertz CT molecular complexity index is 1090. The van der Waals surface area contributed by atoms with Gasteiger partial charge in [0.25, 0.3) is 0 Å². The summed E-state index contributed by atoms with van der Waals surface area (Å²) < 4.78 is 2.07. The molecule has 0 bridgehead atoms. The van der Waals surface area contributed by atoms with Crippen LogP contribution in [0.2, 0.25) is 5.02 Å². The molecule has 1 fully saturated rings. The number of halogens is 1. The van der Waals surface area contributed by atoms with Gasteiger partial charge >= 0.3 is 0 Å². The second kappa shape index (κ2) is 9.10. The van der Waals surface area contributed by atoms with Crippen LogP contribution in [-0.2, 0) is 29.5 Å². The molecule has 0 unspecified atom stereocenters. The molecule has 1 atom stereocenters. The van der Waals surface area contributed by atoms with E-state index in [1.54, 1.807) is 0 Å². The number of hydrogen-bond donors (Lipinski definition) is 2. The first kappa shape index (κ1) is 21.4. The topological polar surface area (TPSA) is 76.0 Å². The number of nitrogens with zero attached hydrogens (tertiary/aromatic N) is 2. The van der Waals surface area contributed by atoms with E-state index in [1.165, 1.54) is 0 Å². The number of hydrogen-bond acceptors (Lipinski definition) is 3. The fourth-order valence-electron chi connectivity index (χ4n) is 4.35. The summed E-state index contributed by atoms with van der Waals surface area (Å²) in [4.78, 5) is 29.1. The van der Waals surface area contributed by atoms with E-state index < -0.39 is 0 Å². The molecule has 162 valence electrons. The second-order valence-electron chi connectivity index (χ2n) is 8.31. The van der Waals surface area contributed by atoms with Gasteiger partial charge in [0.15, 0.2) is 0 Å². The fourth-order valence-corrected chi connectivity index (χ4v) is 4.47. The quantitative estimate of drug-likeness (QED) is 0.564. The lowest BCUT2D eigenvalue weighted by molar-refractivity contribution is -0.122. The van der Waals surface area contributed by atoms with Crippen LogP contribution in [0.5, 0.6) is 0 Å². The maximum absolute atomic E-state index is 12.5. The highest BCUT2D eigenvalue weighted by Gasteiger charge is 2.37. The van der Waals surface area contributed by atoms with Crippen molar-refractivity contribution in [3.63, 3.8) is 0 Å². The molecule has 1 aromatic heterocycles. The number of aromatic nitrogens is 2.